The normalized spacial score (nSPS) is 12.8. The number of aromatic nitrogens is 5. The van der Waals surface area contributed by atoms with Gasteiger partial charge in [-0.25, -0.2) is 4.52 Å². The van der Waals surface area contributed by atoms with Gasteiger partial charge >= 0.3 is 0 Å². The molecule has 1 atom stereocenters. The quantitative estimate of drug-likeness (QED) is 0.736. The van der Waals surface area contributed by atoms with E-state index in [1.165, 1.54) is 0 Å². The number of pyridine rings is 1. The van der Waals surface area contributed by atoms with E-state index in [1.54, 1.807) is 10.7 Å². The molecule has 3 aromatic heterocycles. The van der Waals surface area contributed by atoms with Gasteiger partial charge in [0.05, 0.1) is 12.2 Å². The molecule has 1 unspecified atom stereocenters. The third-order valence-corrected chi connectivity index (χ3v) is 2.84. The van der Waals surface area contributed by atoms with Crippen LogP contribution in [0.3, 0.4) is 0 Å². The zero-order chi connectivity index (χ0) is 12.5. The molecule has 0 saturated carbocycles. The van der Waals surface area contributed by atoms with Crippen LogP contribution >= 0.6 is 0 Å². The van der Waals surface area contributed by atoms with Gasteiger partial charge in [0.25, 0.3) is 0 Å². The number of hydrogen-bond donors (Lipinski definition) is 2. The minimum absolute atomic E-state index is 0.113. The molecule has 3 rings (SSSR count). The lowest BCUT2D eigenvalue weighted by Crippen LogP contribution is -2.07. The molecule has 0 aliphatic heterocycles. The molecule has 0 spiro atoms. The summed E-state index contributed by atoms with van der Waals surface area (Å²) in [6.07, 6.45) is 5.60. The van der Waals surface area contributed by atoms with E-state index in [0.29, 0.717) is 5.95 Å². The summed E-state index contributed by atoms with van der Waals surface area (Å²) in [6, 6.07) is 4.09. The fourth-order valence-electron chi connectivity index (χ4n) is 1.82. The second-order valence-corrected chi connectivity index (χ2v) is 4.34. The first-order valence-electron chi connectivity index (χ1n) is 5.80. The second kappa shape index (κ2) is 4.14. The molecule has 3 aromatic rings. The summed E-state index contributed by atoms with van der Waals surface area (Å²) in [5.74, 6) is 0.620. The number of fused-ring (bicyclic) bond motifs is 1. The maximum Gasteiger partial charge on any atom is 0.243 e. The van der Waals surface area contributed by atoms with Gasteiger partial charge in [-0.1, -0.05) is 6.07 Å². The molecule has 2 N–H and O–H groups in total. The van der Waals surface area contributed by atoms with Crippen LogP contribution in [0.4, 0.5) is 5.95 Å². The minimum Gasteiger partial charge on any atom is -0.346 e. The van der Waals surface area contributed by atoms with Crippen molar-refractivity contribution in [2.75, 3.05) is 5.32 Å². The Labute approximate surface area is 104 Å². The third-order valence-electron chi connectivity index (χ3n) is 2.84. The Balaban J connectivity index is 1.86. The van der Waals surface area contributed by atoms with E-state index in [4.69, 9.17) is 0 Å². The first kappa shape index (κ1) is 10.8. The molecule has 0 aliphatic carbocycles. The van der Waals surface area contributed by atoms with Crippen molar-refractivity contribution in [3.8, 4) is 0 Å². The van der Waals surface area contributed by atoms with Crippen LogP contribution in [-0.4, -0.2) is 24.8 Å². The maximum atomic E-state index is 4.41. The van der Waals surface area contributed by atoms with E-state index < -0.39 is 0 Å². The van der Waals surface area contributed by atoms with Crippen molar-refractivity contribution in [3.05, 3.63) is 41.9 Å². The van der Waals surface area contributed by atoms with Gasteiger partial charge in [-0.2, -0.15) is 10.1 Å². The van der Waals surface area contributed by atoms with Crippen molar-refractivity contribution in [3.63, 3.8) is 0 Å². The molecule has 92 valence electrons. The Bertz CT molecular complexity index is 654. The number of nitrogens with zero attached hydrogens (tertiary/aromatic N) is 4. The molecule has 6 heteroatoms. The molecule has 3 heterocycles. The zero-order valence-corrected chi connectivity index (χ0v) is 10.3. The Morgan fingerprint density at radius 3 is 3.06 bits per heavy atom. The lowest BCUT2D eigenvalue weighted by atomic mass is 10.2. The van der Waals surface area contributed by atoms with Gasteiger partial charge in [-0.15, -0.1) is 5.10 Å². The molecule has 0 aliphatic rings. The molecule has 0 aromatic carbocycles. The standard InChI is InChI=1S/C12H14N6/c1-8-3-4-11-16-12(17-18(11)7-8)15-9(2)10-5-13-14-6-10/h3-7,9H,1-2H3,(H,13,14)(H,15,17). The van der Waals surface area contributed by atoms with Gasteiger partial charge in [0.2, 0.25) is 5.95 Å². The van der Waals surface area contributed by atoms with E-state index in [2.05, 4.69) is 25.6 Å². The fraction of sp³-hybridized carbons (Fsp3) is 0.250. The van der Waals surface area contributed by atoms with Crippen LogP contribution in [0.15, 0.2) is 30.7 Å². The topological polar surface area (TPSA) is 70.9 Å². The first-order valence-corrected chi connectivity index (χ1v) is 5.80. The summed E-state index contributed by atoms with van der Waals surface area (Å²) in [5.41, 5.74) is 3.06. The molecule has 0 fully saturated rings. The molecule has 0 radical (unpaired) electrons. The van der Waals surface area contributed by atoms with Gasteiger partial charge in [0.15, 0.2) is 5.65 Å². The third kappa shape index (κ3) is 1.92. The fourth-order valence-corrected chi connectivity index (χ4v) is 1.82. The highest BCUT2D eigenvalue weighted by molar-refractivity contribution is 5.44. The predicted molar refractivity (Wildman–Crippen MR) is 68.3 cm³/mol. The van der Waals surface area contributed by atoms with E-state index in [0.717, 1.165) is 16.8 Å². The van der Waals surface area contributed by atoms with Gasteiger partial charge in [-0.05, 0) is 25.5 Å². The van der Waals surface area contributed by atoms with Crippen molar-refractivity contribution < 1.29 is 0 Å². The Morgan fingerprint density at radius 2 is 2.28 bits per heavy atom. The highest BCUT2D eigenvalue weighted by Crippen LogP contribution is 2.16. The predicted octanol–water partition coefficient (Wildman–Crippen LogP) is 1.93. The number of rotatable bonds is 3. The van der Waals surface area contributed by atoms with Crippen LogP contribution in [0.1, 0.15) is 24.1 Å². The van der Waals surface area contributed by atoms with Crippen LogP contribution < -0.4 is 5.32 Å². The Morgan fingerprint density at radius 1 is 1.39 bits per heavy atom. The maximum absolute atomic E-state index is 4.41. The van der Waals surface area contributed by atoms with Crippen LogP contribution in [0.2, 0.25) is 0 Å². The number of nitrogens with one attached hydrogen (secondary N) is 2. The van der Waals surface area contributed by atoms with Crippen LogP contribution in [-0.2, 0) is 0 Å². The van der Waals surface area contributed by atoms with Gasteiger partial charge in [-0.3, -0.25) is 5.10 Å². The monoisotopic (exact) mass is 242 g/mol. The highest BCUT2D eigenvalue weighted by Gasteiger charge is 2.09. The SMILES string of the molecule is Cc1ccc2nc(NC(C)c3cn[nH]c3)nn2c1. The van der Waals surface area contributed by atoms with Gasteiger partial charge < -0.3 is 5.32 Å². The molecule has 0 amide bonds. The summed E-state index contributed by atoms with van der Waals surface area (Å²) in [6.45, 7) is 4.07. The lowest BCUT2D eigenvalue weighted by molar-refractivity contribution is 0.853. The second-order valence-electron chi connectivity index (χ2n) is 4.34. The summed E-state index contributed by atoms with van der Waals surface area (Å²) in [4.78, 5) is 4.41. The van der Waals surface area contributed by atoms with Gasteiger partial charge in [0.1, 0.15) is 0 Å². The Hall–Kier alpha value is -2.37. The lowest BCUT2D eigenvalue weighted by Gasteiger charge is -2.08. The number of aromatic amines is 1. The Kier molecular flexibility index (Phi) is 2.47. The number of anilines is 1. The molecular formula is C12H14N6. The smallest absolute Gasteiger partial charge is 0.243 e. The number of aryl methyl sites for hydroxylation is 1. The molecule has 0 bridgehead atoms. The number of H-pyrrole nitrogens is 1. The van der Waals surface area contributed by atoms with E-state index in [1.807, 2.05) is 38.4 Å². The van der Waals surface area contributed by atoms with Crippen molar-refractivity contribution >= 4 is 11.6 Å². The molecule has 18 heavy (non-hydrogen) atoms. The molecular weight excluding hydrogens is 228 g/mol. The number of hydrogen-bond acceptors (Lipinski definition) is 4. The van der Waals surface area contributed by atoms with E-state index in [9.17, 15) is 0 Å². The first-order chi connectivity index (χ1) is 8.72. The van der Waals surface area contributed by atoms with Crippen molar-refractivity contribution in [1.82, 2.24) is 24.8 Å². The van der Waals surface area contributed by atoms with Crippen molar-refractivity contribution in [1.29, 1.82) is 0 Å². The summed E-state index contributed by atoms with van der Waals surface area (Å²) in [5, 5.41) is 14.4. The van der Waals surface area contributed by atoms with Crippen molar-refractivity contribution in [2.45, 2.75) is 19.9 Å². The molecule has 0 saturated heterocycles. The summed E-state index contributed by atoms with van der Waals surface area (Å²) >= 11 is 0. The minimum atomic E-state index is 0.113. The van der Waals surface area contributed by atoms with Crippen LogP contribution in [0.25, 0.3) is 5.65 Å². The van der Waals surface area contributed by atoms with E-state index in [-0.39, 0.29) is 6.04 Å². The average molecular weight is 242 g/mol. The summed E-state index contributed by atoms with van der Waals surface area (Å²) in [7, 11) is 0. The highest BCUT2D eigenvalue weighted by atomic mass is 15.3. The van der Waals surface area contributed by atoms with Crippen LogP contribution in [0.5, 0.6) is 0 Å². The summed E-state index contributed by atoms with van der Waals surface area (Å²) < 4.78 is 1.78. The zero-order valence-electron chi connectivity index (χ0n) is 10.3. The average Bonchev–Trinajstić information content (AvgIpc) is 2.95. The van der Waals surface area contributed by atoms with Crippen molar-refractivity contribution in [2.24, 2.45) is 0 Å². The largest absolute Gasteiger partial charge is 0.346 e. The van der Waals surface area contributed by atoms with Gasteiger partial charge in [0, 0.05) is 18.0 Å². The molecule has 6 nitrogen and oxygen atoms in total. The van der Waals surface area contributed by atoms with Crippen LogP contribution in [0, 0.1) is 6.92 Å². The van der Waals surface area contributed by atoms with E-state index >= 15 is 0 Å².